The normalized spacial score (nSPS) is 12.3. The van der Waals surface area contributed by atoms with Gasteiger partial charge in [-0.3, -0.25) is 4.18 Å². The van der Waals surface area contributed by atoms with Crippen LogP contribution in [0.1, 0.15) is 32.0 Å². The van der Waals surface area contributed by atoms with Crippen molar-refractivity contribution in [2.45, 2.75) is 44.6 Å². The van der Waals surface area contributed by atoms with Gasteiger partial charge in [0.05, 0.1) is 22.7 Å². The summed E-state index contributed by atoms with van der Waals surface area (Å²) < 4.78 is 36.5. The Morgan fingerprint density at radius 1 is 1.07 bits per heavy atom. The molecule has 0 N–H and O–H groups in total. The van der Waals surface area contributed by atoms with E-state index in [0.717, 1.165) is 10.9 Å². The number of para-hydroxylation sites is 1. The van der Waals surface area contributed by atoms with Gasteiger partial charge >= 0.3 is 6.09 Å². The third-order valence-electron chi connectivity index (χ3n) is 4.12. The zero-order valence-electron chi connectivity index (χ0n) is 16.9. The largest absolute Gasteiger partial charge is 0.442 e. The van der Waals surface area contributed by atoms with Gasteiger partial charge in [0.25, 0.3) is 10.1 Å². The van der Waals surface area contributed by atoms with Crippen molar-refractivity contribution in [1.29, 1.82) is 0 Å². The molecule has 2 aromatic carbocycles. The highest BCUT2D eigenvalue weighted by Crippen LogP contribution is 2.21. The maximum atomic E-state index is 12.5. The number of hydrogen-bond acceptors (Lipinski definition) is 6. The van der Waals surface area contributed by atoms with Crippen LogP contribution in [0, 0.1) is 6.92 Å². The van der Waals surface area contributed by atoms with Crippen molar-refractivity contribution in [3.63, 3.8) is 0 Å². The molecule has 0 fully saturated rings. The Hall–Kier alpha value is -2.71. The van der Waals surface area contributed by atoms with E-state index < -0.39 is 21.8 Å². The fraction of sp³-hybridized carbons (Fsp3) is 0.333. The van der Waals surface area contributed by atoms with Gasteiger partial charge in [-0.15, -0.1) is 0 Å². The topological polar surface area (TPSA) is 87.5 Å². The molecule has 1 aromatic heterocycles. The van der Waals surface area contributed by atoms with E-state index in [9.17, 15) is 13.2 Å². The average molecular weight is 416 g/mol. The van der Waals surface area contributed by atoms with E-state index in [-0.39, 0.29) is 17.9 Å². The third-order valence-corrected chi connectivity index (χ3v) is 5.44. The van der Waals surface area contributed by atoms with Crippen LogP contribution in [0.2, 0.25) is 0 Å². The standard InChI is InChI=1S/C21H24N2O5S/c1-15-9-11-16(12-10-15)29(25,26)27-14-13-18-17-7-5-6-8-19(17)23(22-18)20(24)28-21(2,3)4/h5-12H,13-14H2,1-4H3. The molecule has 8 heteroatoms. The molecule has 1 heterocycles. The van der Waals surface area contributed by atoms with Gasteiger partial charge in [0.2, 0.25) is 0 Å². The summed E-state index contributed by atoms with van der Waals surface area (Å²) in [7, 11) is -3.86. The highest BCUT2D eigenvalue weighted by Gasteiger charge is 2.22. The summed E-state index contributed by atoms with van der Waals surface area (Å²) in [6.45, 7) is 7.12. The molecule has 0 atom stereocenters. The van der Waals surface area contributed by atoms with Crippen molar-refractivity contribution in [1.82, 2.24) is 9.78 Å². The molecule has 0 amide bonds. The number of aromatic nitrogens is 2. The molecule has 29 heavy (non-hydrogen) atoms. The molecule has 0 aliphatic carbocycles. The molecule has 3 aromatic rings. The number of ether oxygens (including phenoxy) is 1. The molecule has 0 radical (unpaired) electrons. The van der Waals surface area contributed by atoms with Crippen LogP contribution in [0.3, 0.4) is 0 Å². The minimum Gasteiger partial charge on any atom is -0.442 e. The van der Waals surface area contributed by atoms with Crippen LogP contribution < -0.4 is 0 Å². The molecular formula is C21H24N2O5S. The first-order chi connectivity index (χ1) is 13.6. The first-order valence-corrected chi connectivity index (χ1v) is 10.6. The first-order valence-electron chi connectivity index (χ1n) is 9.23. The van der Waals surface area contributed by atoms with Crippen LogP contribution in [-0.4, -0.2) is 36.5 Å². The third kappa shape index (κ3) is 5.02. The van der Waals surface area contributed by atoms with Crippen molar-refractivity contribution < 1.29 is 22.1 Å². The highest BCUT2D eigenvalue weighted by atomic mass is 32.2. The van der Waals surface area contributed by atoms with Gasteiger partial charge < -0.3 is 4.74 Å². The number of benzene rings is 2. The number of fused-ring (bicyclic) bond motifs is 1. The highest BCUT2D eigenvalue weighted by molar-refractivity contribution is 7.86. The Morgan fingerprint density at radius 2 is 1.72 bits per heavy atom. The zero-order chi connectivity index (χ0) is 21.2. The fourth-order valence-electron chi connectivity index (χ4n) is 2.78. The maximum Gasteiger partial charge on any atom is 0.435 e. The van der Waals surface area contributed by atoms with Crippen molar-refractivity contribution >= 4 is 27.1 Å². The van der Waals surface area contributed by atoms with Crippen LogP contribution in [-0.2, 0) is 25.5 Å². The van der Waals surface area contributed by atoms with Gasteiger partial charge in [-0.25, -0.2) is 4.79 Å². The summed E-state index contributed by atoms with van der Waals surface area (Å²) >= 11 is 0. The summed E-state index contributed by atoms with van der Waals surface area (Å²) in [4.78, 5) is 12.6. The molecule has 0 saturated carbocycles. The second-order valence-corrected chi connectivity index (χ2v) is 9.31. The SMILES string of the molecule is Cc1ccc(S(=O)(=O)OCCc2nn(C(=O)OC(C)(C)C)c3ccccc23)cc1. The Morgan fingerprint density at radius 3 is 2.38 bits per heavy atom. The molecule has 0 bridgehead atoms. The quantitative estimate of drug-likeness (QED) is 0.583. The molecule has 0 aliphatic heterocycles. The lowest BCUT2D eigenvalue weighted by molar-refractivity contribution is 0.0521. The van der Waals surface area contributed by atoms with E-state index in [4.69, 9.17) is 8.92 Å². The van der Waals surface area contributed by atoms with Crippen LogP contribution in [0.15, 0.2) is 53.4 Å². The van der Waals surface area contributed by atoms with Crippen molar-refractivity contribution in [2.24, 2.45) is 0 Å². The van der Waals surface area contributed by atoms with Gasteiger partial charge in [0.15, 0.2) is 0 Å². The molecule has 0 saturated heterocycles. The van der Waals surface area contributed by atoms with Crippen LogP contribution in [0.4, 0.5) is 4.79 Å². The molecule has 0 aliphatic rings. The van der Waals surface area contributed by atoms with E-state index >= 15 is 0 Å². The molecule has 0 unspecified atom stereocenters. The van der Waals surface area contributed by atoms with Gasteiger partial charge in [-0.2, -0.15) is 18.2 Å². The summed E-state index contributed by atoms with van der Waals surface area (Å²) in [5, 5.41) is 5.09. The average Bonchev–Trinajstić information content (AvgIpc) is 3.00. The smallest absolute Gasteiger partial charge is 0.435 e. The zero-order valence-corrected chi connectivity index (χ0v) is 17.7. The second kappa shape index (κ2) is 7.96. The lowest BCUT2D eigenvalue weighted by Crippen LogP contribution is -2.27. The molecule has 7 nitrogen and oxygen atoms in total. The van der Waals surface area contributed by atoms with Crippen LogP contribution >= 0.6 is 0 Å². The lowest BCUT2D eigenvalue weighted by atomic mass is 10.2. The number of nitrogens with zero attached hydrogens (tertiary/aromatic N) is 2. The lowest BCUT2D eigenvalue weighted by Gasteiger charge is -2.19. The van der Waals surface area contributed by atoms with Crippen LogP contribution in [0.5, 0.6) is 0 Å². The number of rotatable bonds is 5. The predicted molar refractivity (Wildman–Crippen MR) is 109 cm³/mol. The minimum atomic E-state index is -3.86. The molecule has 154 valence electrons. The Balaban J connectivity index is 1.78. The van der Waals surface area contributed by atoms with E-state index in [1.165, 1.54) is 16.8 Å². The van der Waals surface area contributed by atoms with Gasteiger partial charge in [-0.05, 0) is 45.9 Å². The Bertz CT molecular complexity index is 1130. The van der Waals surface area contributed by atoms with Crippen molar-refractivity contribution in [3.05, 3.63) is 59.8 Å². The van der Waals surface area contributed by atoms with E-state index in [1.807, 2.05) is 19.1 Å². The Labute approximate surface area is 170 Å². The van der Waals surface area contributed by atoms with Gasteiger partial charge in [0, 0.05) is 11.8 Å². The molecule has 3 rings (SSSR count). The minimum absolute atomic E-state index is 0.0917. The summed E-state index contributed by atoms with van der Waals surface area (Å²) in [6, 6.07) is 13.7. The fourth-order valence-corrected chi connectivity index (χ4v) is 3.69. The Kier molecular flexibility index (Phi) is 5.77. The second-order valence-electron chi connectivity index (χ2n) is 7.70. The van der Waals surface area contributed by atoms with Gasteiger partial charge in [-0.1, -0.05) is 35.9 Å². The van der Waals surface area contributed by atoms with Crippen molar-refractivity contribution in [3.8, 4) is 0 Å². The summed E-state index contributed by atoms with van der Waals surface area (Å²) in [5.74, 6) is 0. The number of aryl methyl sites for hydroxylation is 1. The van der Waals surface area contributed by atoms with Crippen LogP contribution in [0.25, 0.3) is 10.9 Å². The number of carbonyl (C=O) groups is 1. The van der Waals surface area contributed by atoms with E-state index in [1.54, 1.807) is 45.0 Å². The number of hydrogen-bond donors (Lipinski definition) is 0. The predicted octanol–water partition coefficient (Wildman–Crippen LogP) is 4.08. The van der Waals surface area contributed by atoms with E-state index in [2.05, 4.69) is 5.10 Å². The molecular weight excluding hydrogens is 392 g/mol. The summed E-state index contributed by atoms with van der Waals surface area (Å²) in [6.07, 6.45) is -0.366. The maximum absolute atomic E-state index is 12.5. The summed E-state index contributed by atoms with van der Waals surface area (Å²) in [5.41, 5.74) is 1.46. The van der Waals surface area contributed by atoms with E-state index in [0.29, 0.717) is 11.2 Å². The number of carbonyl (C=O) groups excluding carboxylic acids is 1. The van der Waals surface area contributed by atoms with Crippen molar-refractivity contribution in [2.75, 3.05) is 6.61 Å². The molecule has 0 spiro atoms. The monoisotopic (exact) mass is 416 g/mol. The van der Waals surface area contributed by atoms with Gasteiger partial charge in [0.1, 0.15) is 5.60 Å². The first kappa shape index (κ1) is 21.0.